The van der Waals surface area contributed by atoms with Crippen LogP contribution in [0.1, 0.15) is 43.2 Å². The van der Waals surface area contributed by atoms with Crippen LogP contribution >= 0.6 is 12.2 Å². The normalized spacial score (nSPS) is 14.3. The lowest BCUT2D eigenvalue weighted by molar-refractivity contribution is 0.234. The van der Waals surface area contributed by atoms with Gasteiger partial charge in [0.25, 0.3) is 5.56 Å². The molecule has 1 aromatic heterocycles. The van der Waals surface area contributed by atoms with E-state index in [2.05, 4.69) is 39.5 Å². The highest BCUT2D eigenvalue weighted by atomic mass is 32.1. The van der Waals surface area contributed by atoms with E-state index in [1.165, 1.54) is 24.8 Å². The van der Waals surface area contributed by atoms with Crippen LogP contribution in [-0.2, 0) is 13.0 Å². The number of rotatable bonds is 7. The van der Waals surface area contributed by atoms with E-state index in [1.54, 1.807) is 7.11 Å². The van der Waals surface area contributed by atoms with Gasteiger partial charge < -0.3 is 19.9 Å². The second-order valence-electron chi connectivity index (χ2n) is 8.46. The van der Waals surface area contributed by atoms with Crippen molar-refractivity contribution < 1.29 is 4.74 Å². The Balaban J connectivity index is 1.51. The molecule has 0 spiro atoms. The van der Waals surface area contributed by atoms with E-state index < -0.39 is 0 Å². The highest BCUT2D eigenvalue weighted by molar-refractivity contribution is 7.80. The van der Waals surface area contributed by atoms with E-state index in [0.717, 1.165) is 53.1 Å². The first-order chi connectivity index (χ1) is 15.6. The molecule has 2 aromatic carbocycles. The van der Waals surface area contributed by atoms with Gasteiger partial charge in [-0.15, -0.1) is 0 Å². The van der Waals surface area contributed by atoms with Crippen LogP contribution < -0.4 is 15.6 Å². The maximum Gasteiger partial charge on any atom is 0.253 e. The fraction of sp³-hybridized carbons (Fsp3) is 0.385. The average Bonchev–Trinajstić information content (AvgIpc) is 2.83. The zero-order chi connectivity index (χ0) is 22.3. The van der Waals surface area contributed by atoms with E-state index >= 15 is 0 Å². The maximum atomic E-state index is 12.9. The van der Waals surface area contributed by atoms with Crippen molar-refractivity contribution in [2.45, 2.75) is 51.1 Å². The zero-order valence-corrected chi connectivity index (χ0v) is 19.4. The molecule has 0 radical (unpaired) electrons. The third kappa shape index (κ3) is 5.49. The van der Waals surface area contributed by atoms with Gasteiger partial charge in [0.05, 0.1) is 19.2 Å². The number of hydrogen-bond donors (Lipinski definition) is 2. The van der Waals surface area contributed by atoms with E-state index in [-0.39, 0.29) is 5.56 Å². The minimum Gasteiger partial charge on any atom is -0.497 e. The summed E-state index contributed by atoms with van der Waals surface area (Å²) in [6.07, 6.45) is 6.84. The Kier molecular flexibility index (Phi) is 7.43. The third-order valence-electron chi connectivity index (χ3n) is 6.28. The van der Waals surface area contributed by atoms with Gasteiger partial charge in [0.15, 0.2) is 5.11 Å². The van der Waals surface area contributed by atoms with E-state index in [0.29, 0.717) is 12.6 Å². The summed E-state index contributed by atoms with van der Waals surface area (Å²) in [7, 11) is 1.63. The number of hydrogen-bond acceptors (Lipinski definition) is 3. The summed E-state index contributed by atoms with van der Waals surface area (Å²) >= 11 is 5.83. The number of fused-ring (bicyclic) bond motifs is 1. The van der Waals surface area contributed by atoms with Crippen molar-refractivity contribution in [1.29, 1.82) is 0 Å². The Labute approximate surface area is 194 Å². The molecule has 6 heteroatoms. The van der Waals surface area contributed by atoms with Gasteiger partial charge in [-0.05, 0) is 60.6 Å². The van der Waals surface area contributed by atoms with Gasteiger partial charge in [0, 0.05) is 24.2 Å². The van der Waals surface area contributed by atoms with E-state index in [1.807, 2.05) is 30.3 Å². The molecule has 1 aliphatic rings. The van der Waals surface area contributed by atoms with E-state index in [9.17, 15) is 4.79 Å². The summed E-state index contributed by atoms with van der Waals surface area (Å²) in [5.41, 5.74) is 2.73. The first-order valence-electron chi connectivity index (χ1n) is 11.4. The van der Waals surface area contributed by atoms with Crippen molar-refractivity contribution in [3.8, 4) is 5.75 Å². The number of benzene rings is 2. The fourth-order valence-corrected chi connectivity index (χ4v) is 4.79. The Hall–Kier alpha value is -2.86. The van der Waals surface area contributed by atoms with Crippen LogP contribution in [0.3, 0.4) is 0 Å². The van der Waals surface area contributed by atoms with Gasteiger partial charge in [-0.1, -0.05) is 49.6 Å². The lowest BCUT2D eigenvalue weighted by atomic mass is 9.94. The Morgan fingerprint density at radius 3 is 2.66 bits per heavy atom. The summed E-state index contributed by atoms with van der Waals surface area (Å²) in [6, 6.07) is 18.5. The minimum absolute atomic E-state index is 0.0707. The molecule has 1 heterocycles. The summed E-state index contributed by atoms with van der Waals surface area (Å²) in [5, 5.41) is 5.18. The highest BCUT2D eigenvalue weighted by Crippen LogP contribution is 2.25. The number of thiocarbonyl (C=S) groups is 1. The molecular weight excluding hydrogens is 418 g/mol. The maximum absolute atomic E-state index is 12.9. The summed E-state index contributed by atoms with van der Waals surface area (Å²) in [6.45, 7) is 1.29. The molecule has 1 fully saturated rings. The number of nitrogens with zero attached hydrogens (tertiary/aromatic N) is 1. The topological polar surface area (TPSA) is 57.4 Å². The standard InChI is InChI=1S/C26H31N3O2S/c1-31-23-13-12-20-16-21(25(30)28-24(20)17-23)18-29(22-10-6-3-7-11-22)26(32)27-15-14-19-8-4-2-5-9-19/h2,4-5,8-9,12-13,16-17,22H,3,6-7,10-11,14-15,18H2,1H3,(H,27,32)(H,28,30). The molecule has 2 N–H and O–H groups in total. The van der Waals surface area contributed by atoms with Gasteiger partial charge in [0.1, 0.15) is 5.75 Å². The number of H-pyrrole nitrogens is 1. The molecule has 32 heavy (non-hydrogen) atoms. The van der Waals surface area contributed by atoms with Crippen LogP contribution in [0, 0.1) is 0 Å². The van der Waals surface area contributed by atoms with E-state index in [4.69, 9.17) is 17.0 Å². The molecule has 3 aromatic rings. The largest absolute Gasteiger partial charge is 0.497 e. The van der Waals surface area contributed by atoms with Gasteiger partial charge in [-0.3, -0.25) is 4.79 Å². The van der Waals surface area contributed by atoms with Crippen LogP contribution in [0.25, 0.3) is 10.9 Å². The molecule has 0 atom stereocenters. The number of aromatic amines is 1. The van der Waals surface area contributed by atoms with Crippen LogP contribution in [-0.4, -0.2) is 34.7 Å². The minimum atomic E-state index is -0.0707. The Bertz CT molecular complexity index is 1110. The van der Waals surface area contributed by atoms with Crippen LogP contribution in [0.5, 0.6) is 5.75 Å². The molecule has 1 aliphatic carbocycles. The smallest absolute Gasteiger partial charge is 0.253 e. The first kappa shape index (κ1) is 22.3. The number of pyridine rings is 1. The summed E-state index contributed by atoms with van der Waals surface area (Å²) < 4.78 is 5.28. The number of aromatic nitrogens is 1. The number of nitrogens with one attached hydrogen (secondary N) is 2. The predicted molar refractivity (Wildman–Crippen MR) is 134 cm³/mol. The first-order valence-corrected chi connectivity index (χ1v) is 11.8. The van der Waals surface area contributed by atoms with Gasteiger partial charge >= 0.3 is 0 Å². The molecule has 0 aliphatic heterocycles. The quantitative estimate of drug-likeness (QED) is 0.508. The van der Waals surface area contributed by atoms with Crippen molar-refractivity contribution >= 4 is 28.2 Å². The lowest BCUT2D eigenvalue weighted by Crippen LogP contribution is -2.47. The van der Waals surface area contributed by atoms with Crippen LogP contribution in [0.4, 0.5) is 0 Å². The molecule has 1 saturated carbocycles. The second kappa shape index (κ2) is 10.6. The molecule has 0 unspecified atom stereocenters. The third-order valence-corrected chi connectivity index (χ3v) is 6.66. The van der Waals surface area contributed by atoms with Crippen molar-refractivity contribution in [2.24, 2.45) is 0 Å². The summed E-state index contributed by atoms with van der Waals surface area (Å²) in [4.78, 5) is 18.1. The molecule has 0 amide bonds. The Morgan fingerprint density at radius 2 is 1.91 bits per heavy atom. The average molecular weight is 450 g/mol. The van der Waals surface area contributed by atoms with Crippen molar-refractivity contribution in [3.63, 3.8) is 0 Å². The molecular formula is C26H31N3O2S. The SMILES string of the molecule is COc1ccc2cc(CN(C(=S)NCCc3ccccc3)C3CCCCC3)c(=O)[nH]c2c1. The second-order valence-corrected chi connectivity index (χ2v) is 8.85. The van der Waals surface area contributed by atoms with Crippen LogP contribution in [0.2, 0.25) is 0 Å². The number of methoxy groups -OCH3 is 1. The monoisotopic (exact) mass is 449 g/mol. The Morgan fingerprint density at radius 1 is 1.12 bits per heavy atom. The molecule has 168 valence electrons. The highest BCUT2D eigenvalue weighted by Gasteiger charge is 2.24. The molecule has 5 nitrogen and oxygen atoms in total. The van der Waals surface area contributed by atoms with Crippen molar-refractivity contribution in [1.82, 2.24) is 15.2 Å². The molecule has 4 rings (SSSR count). The molecule has 0 saturated heterocycles. The molecule has 0 bridgehead atoms. The van der Waals surface area contributed by atoms with Crippen LogP contribution in [0.15, 0.2) is 59.4 Å². The van der Waals surface area contributed by atoms with Crippen molar-refractivity contribution in [3.05, 3.63) is 76.1 Å². The van der Waals surface area contributed by atoms with Gasteiger partial charge in [0.2, 0.25) is 0 Å². The fourth-order valence-electron chi connectivity index (χ4n) is 4.47. The lowest BCUT2D eigenvalue weighted by Gasteiger charge is -2.36. The van der Waals surface area contributed by atoms with Gasteiger partial charge in [-0.25, -0.2) is 0 Å². The van der Waals surface area contributed by atoms with Gasteiger partial charge in [-0.2, -0.15) is 0 Å². The number of ether oxygens (including phenoxy) is 1. The predicted octanol–water partition coefficient (Wildman–Crippen LogP) is 4.79. The summed E-state index contributed by atoms with van der Waals surface area (Å²) in [5.74, 6) is 0.730. The van der Waals surface area contributed by atoms with Crippen molar-refractivity contribution in [2.75, 3.05) is 13.7 Å². The zero-order valence-electron chi connectivity index (χ0n) is 18.6.